The average Bonchev–Trinajstić information content (AvgIpc) is 2.05. The molecule has 0 amide bonds. The summed E-state index contributed by atoms with van der Waals surface area (Å²) in [7, 11) is 0.709. The summed E-state index contributed by atoms with van der Waals surface area (Å²) in [5, 5.41) is 0.579. The molecule has 0 aromatic heterocycles. The zero-order chi connectivity index (χ0) is 9.61. The molecule has 0 bridgehead atoms. The fraction of sp³-hybridized carbons (Fsp3) is 0.857. The Balaban J connectivity index is 0. The topological polar surface area (TPSA) is 27.7 Å². The molecular formula is C7H16KO3SSi. The van der Waals surface area contributed by atoms with Gasteiger partial charge in [-0.15, -0.1) is 0 Å². The van der Waals surface area contributed by atoms with Gasteiger partial charge in [0.15, 0.2) is 0 Å². The summed E-state index contributed by atoms with van der Waals surface area (Å²) >= 11 is 4.99. The van der Waals surface area contributed by atoms with Gasteiger partial charge >= 0.3 is 8.80 Å². The summed E-state index contributed by atoms with van der Waals surface area (Å²) in [5.74, 6) is 0. The van der Waals surface area contributed by atoms with Crippen molar-refractivity contribution in [3.63, 3.8) is 0 Å². The third kappa shape index (κ3) is 7.58. The molecule has 0 aliphatic rings. The maximum absolute atomic E-state index is 5.40. The molecule has 1 radical (unpaired) electrons. The third-order valence-electron chi connectivity index (χ3n) is 1.49. The van der Waals surface area contributed by atoms with Crippen LogP contribution in [0, 0.1) is 0 Å². The molecule has 0 saturated carbocycles. The van der Waals surface area contributed by atoms with Gasteiger partial charge in [0.1, 0.15) is 5.05 Å². The molecule has 0 unspecified atom stereocenters. The minimum atomic E-state index is -2.44. The van der Waals surface area contributed by atoms with Gasteiger partial charge in [0.25, 0.3) is 0 Å². The van der Waals surface area contributed by atoms with Crippen LogP contribution in [-0.4, -0.2) is 79.5 Å². The normalized spacial score (nSPS) is 10.5. The molecule has 0 spiro atoms. The second-order valence-corrected chi connectivity index (χ2v) is 5.70. The van der Waals surface area contributed by atoms with E-state index in [9.17, 15) is 0 Å². The molecular weight excluding hydrogens is 231 g/mol. The van der Waals surface area contributed by atoms with Crippen molar-refractivity contribution >= 4 is 77.5 Å². The monoisotopic (exact) mass is 247 g/mol. The minimum absolute atomic E-state index is 0. The molecule has 0 saturated heterocycles. The molecule has 0 N–H and O–H groups in total. The van der Waals surface area contributed by atoms with Crippen molar-refractivity contribution in [2.24, 2.45) is 0 Å². The van der Waals surface area contributed by atoms with Crippen molar-refractivity contribution in [3.8, 4) is 0 Å². The zero-order valence-electron chi connectivity index (χ0n) is 9.05. The Bertz CT molecular complexity index is 153. The van der Waals surface area contributed by atoms with Crippen LogP contribution in [0.4, 0.5) is 0 Å². The number of hydrogen-bond donors (Lipinski definition) is 0. The molecule has 0 atom stereocenters. The van der Waals surface area contributed by atoms with Gasteiger partial charge in [-0.05, 0) is 18.6 Å². The Labute approximate surface area is 129 Å². The van der Waals surface area contributed by atoms with Gasteiger partial charge < -0.3 is 13.3 Å². The number of rotatable bonds is 5. The molecule has 0 aliphatic heterocycles. The molecule has 13 heavy (non-hydrogen) atoms. The molecule has 73 valence electrons. The second-order valence-electron chi connectivity index (χ2n) is 2.49. The van der Waals surface area contributed by atoms with Gasteiger partial charge in [0.05, 0.1) is 0 Å². The summed E-state index contributed by atoms with van der Waals surface area (Å²) in [6, 6.07) is 0. The maximum Gasteiger partial charge on any atom is 0.562 e. The third-order valence-corrected chi connectivity index (χ3v) is 4.03. The van der Waals surface area contributed by atoms with E-state index < -0.39 is 8.80 Å². The summed E-state index contributed by atoms with van der Waals surface area (Å²) in [6.45, 7) is 3.86. The molecule has 6 heteroatoms. The second kappa shape index (κ2) is 8.93. The first-order chi connectivity index (χ1) is 5.58. The Morgan fingerprint density at radius 1 is 1.31 bits per heavy atom. The fourth-order valence-corrected chi connectivity index (χ4v) is 2.14. The van der Waals surface area contributed by atoms with Crippen LogP contribution in [0.3, 0.4) is 0 Å². The summed E-state index contributed by atoms with van der Waals surface area (Å²) in [6.07, 6.45) is 1.77. The number of hydrogen-bond acceptors (Lipinski definition) is 4. The minimum Gasteiger partial charge on any atom is -0.495 e. The van der Waals surface area contributed by atoms with Gasteiger partial charge in [-0.3, -0.25) is 0 Å². The van der Waals surface area contributed by atoms with E-state index in [-0.39, 0.29) is 51.4 Å². The van der Waals surface area contributed by atoms with Crippen molar-refractivity contribution in [1.29, 1.82) is 0 Å². The van der Waals surface area contributed by atoms with E-state index in [0.29, 0.717) is 5.05 Å². The predicted molar refractivity (Wildman–Crippen MR) is 60.0 cm³/mol. The first-order valence-corrected chi connectivity index (χ1v) is 6.53. The average molecular weight is 247 g/mol. The first kappa shape index (κ1) is 17.1. The van der Waals surface area contributed by atoms with E-state index in [0.717, 1.165) is 12.8 Å². The van der Waals surface area contributed by atoms with Crippen LogP contribution >= 0.6 is 12.2 Å². The van der Waals surface area contributed by atoms with Crippen LogP contribution in [0.25, 0.3) is 0 Å². The first-order valence-electron chi connectivity index (χ1n) is 3.90. The molecule has 0 rings (SSSR count). The van der Waals surface area contributed by atoms with Crippen LogP contribution in [-0.2, 0) is 13.3 Å². The van der Waals surface area contributed by atoms with E-state index in [1.807, 2.05) is 13.5 Å². The summed E-state index contributed by atoms with van der Waals surface area (Å²) in [4.78, 5) is 0. The van der Waals surface area contributed by atoms with Crippen molar-refractivity contribution in [1.82, 2.24) is 0 Å². The Kier molecular flexibility index (Phi) is 11.7. The standard InChI is InChI=1S/C7H16O3SSi.K/c1-5-6-7(11)10-12(4,8-2)9-3;/h5-6H2,1-4H3;. The van der Waals surface area contributed by atoms with E-state index in [2.05, 4.69) is 0 Å². The van der Waals surface area contributed by atoms with Crippen LogP contribution in [0.1, 0.15) is 19.8 Å². The van der Waals surface area contributed by atoms with Crippen LogP contribution in [0.15, 0.2) is 0 Å². The van der Waals surface area contributed by atoms with Crippen molar-refractivity contribution < 1.29 is 13.3 Å². The van der Waals surface area contributed by atoms with Gasteiger partial charge in [-0.25, -0.2) is 0 Å². The number of thiocarbonyl (C=S) groups is 1. The summed E-state index contributed by atoms with van der Waals surface area (Å²) < 4.78 is 15.6. The largest absolute Gasteiger partial charge is 0.562 e. The van der Waals surface area contributed by atoms with Crippen molar-refractivity contribution in [2.75, 3.05) is 14.2 Å². The van der Waals surface area contributed by atoms with Crippen molar-refractivity contribution in [2.45, 2.75) is 26.3 Å². The van der Waals surface area contributed by atoms with E-state index in [1.54, 1.807) is 14.2 Å². The molecule has 0 aliphatic carbocycles. The molecule has 0 fully saturated rings. The van der Waals surface area contributed by atoms with Gasteiger partial charge in [0, 0.05) is 78.6 Å². The maximum atomic E-state index is 5.40. The van der Waals surface area contributed by atoms with Gasteiger partial charge in [-0.1, -0.05) is 6.92 Å². The fourth-order valence-electron chi connectivity index (χ4n) is 0.629. The molecule has 0 aromatic rings. The van der Waals surface area contributed by atoms with Crippen LogP contribution < -0.4 is 0 Å². The van der Waals surface area contributed by atoms with Crippen LogP contribution in [0.5, 0.6) is 0 Å². The Morgan fingerprint density at radius 2 is 1.77 bits per heavy atom. The van der Waals surface area contributed by atoms with Crippen molar-refractivity contribution in [3.05, 3.63) is 0 Å². The predicted octanol–water partition coefficient (Wildman–Crippen LogP) is 1.61. The molecule has 3 nitrogen and oxygen atoms in total. The smallest absolute Gasteiger partial charge is 0.495 e. The van der Waals surface area contributed by atoms with E-state index >= 15 is 0 Å². The Hall–Kier alpha value is 1.66. The SMILES string of the molecule is CCCC(=S)O[Si](C)(OC)OC.[K]. The Morgan fingerprint density at radius 3 is 2.08 bits per heavy atom. The van der Waals surface area contributed by atoms with Crippen LogP contribution in [0.2, 0.25) is 6.55 Å². The molecule has 0 heterocycles. The van der Waals surface area contributed by atoms with E-state index in [1.165, 1.54) is 0 Å². The molecule has 0 aromatic carbocycles. The zero-order valence-corrected chi connectivity index (χ0v) is 14.0. The van der Waals surface area contributed by atoms with Gasteiger partial charge in [0.2, 0.25) is 0 Å². The summed E-state index contributed by atoms with van der Waals surface area (Å²) in [5.41, 5.74) is 0. The quantitative estimate of drug-likeness (QED) is 0.545. The van der Waals surface area contributed by atoms with Gasteiger partial charge in [-0.2, -0.15) is 0 Å². The van der Waals surface area contributed by atoms with E-state index in [4.69, 9.17) is 25.5 Å².